The molecule has 0 aromatic heterocycles. The lowest BCUT2D eigenvalue weighted by Crippen LogP contribution is -1.93. The Morgan fingerprint density at radius 2 is 1.54 bits per heavy atom. The standard InChI is InChI=1S/C13H26/c1-6-8-12(4)13(5)10-9-11(3)7-2/h11H,6-10H2,1-5H3. The van der Waals surface area contributed by atoms with Crippen molar-refractivity contribution in [2.75, 3.05) is 0 Å². The first kappa shape index (κ1) is 12.7. The molecule has 0 spiro atoms. The van der Waals surface area contributed by atoms with Crippen LogP contribution in [0.4, 0.5) is 0 Å². The average molecular weight is 182 g/mol. The largest absolute Gasteiger partial charge is 0.0744 e. The van der Waals surface area contributed by atoms with Crippen LogP contribution in [0.15, 0.2) is 11.1 Å². The monoisotopic (exact) mass is 182 g/mol. The fourth-order valence-corrected chi connectivity index (χ4v) is 1.47. The third kappa shape index (κ3) is 5.90. The van der Waals surface area contributed by atoms with Gasteiger partial charge in [0.25, 0.3) is 0 Å². The van der Waals surface area contributed by atoms with Crippen LogP contribution in [0.5, 0.6) is 0 Å². The van der Waals surface area contributed by atoms with Crippen molar-refractivity contribution in [1.29, 1.82) is 0 Å². The Bertz CT molecular complexity index is 153. The quantitative estimate of drug-likeness (QED) is 0.510. The van der Waals surface area contributed by atoms with Gasteiger partial charge in [0.2, 0.25) is 0 Å². The van der Waals surface area contributed by atoms with Crippen molar-refractivity contribution in [3.63, 3.8) is 0 Å². The zero-order valence-corrected chi connectivity index (χ0v) is 10.1. The van der Waals surface area contributed by atoms with Crippen molar-refractivity contribution in [2.45, 2.75) is 66.7 Å². The number of allylic oxidation sites excluding steroid dienone is 2. The van der Waals surface area contributed by atoms with Gasteiger partial charge in [-0.2, -0.15) is 0 Å². The van der Waals surface area contributed by atoms with Crippen LogP contribution in [-0.4, -0.2) is 0 Å². The van der Waals surface area contributed by atoms with E-state index in [1.165, 1.54) is 32.1 Å². The van der Waals surface area contributed by atoms with Crippen LogP contribution in [0.25, 0.3) is 0 Å². The summed E-state index contributed by atoms with van der Waals surface area (Å²) in [6.07, 6.45) is 6.56. The molecule has 0 nitrogen and oxygen atoms in total. The van der Waals surface area contributed by atoms with E-state index < -0.39 is 0 Å². The molecule has 78 valence electrons. The molecule has 0 bridgehead atoms. The van der Waals surface area contributed by atoms with E-state index >= 15 is 0 Å². The molecule has 0 heterocycles. The first-order valence-electron chi connectivity index (χ1n) is 5.77. The second-order valence-electron chi connectivity index (χ2n) is 4.36. The highest BCUT2D eigenvalue weighted by Crippen LogP contribution is 2.19. The van der Waals surface area contributed by atoms with Gasteiger partial charge in [0.05, 0.1) is 0 Å². The molecule has 0 aliphatic heterocycles. The molecular formula is C13H26. The topological polar surface area (TPSA) is 0 Å². The highest BCUT2D eigenvalue weighted by molar-refractivity contribution is 5.09. The fraction of sp³-hybridized carbons (Fsp3) is 0.846. The predicted octanol–water partition coefficient (Wildman–Crippen LogP) is 4.95. The Labute approximate surface area is 84.4 Å². The molecule has 0 aromatic carbocycles. The van der Waals surface area contributed by atoms with Gasteiger partial charge in [0, 0.05) is 0 Å². The maximum atomic E-state index is 2.35. The first-order chi connectivity index (χ1) is 6.11. The van der Waals surface area contributed by atoms with Gasteiger partial charge in [-0.05, 0) is 39.0 Å². The Kier molecular flexibility index (Phi) is 7.03. The maximum absolute atomic E-state index is 2.35. The molecule has 0 N–H and O–H groups in total. The first-order valence-corrected chi connectivity index (χ1v) is 5.77. The molecule has 1 atom stereocenters. The zero-order chi connectivity index (χ0) is 10.3. The van der Waals surface area contributed by atoms with Crippen LogP contribution in [0.1, 0.15) is 66.7 Å². The maximum Gasteiger partial charge on any atom is -0.0318 e. The van der Waals surface area contributed by atoms with E-state index in [4.69, 9.17) is 0 Å². The highest BCUT2D eigenvalue weighted by Gasteiger charge is 2.01. The van der Waals surface area contributed by atoms with E-state index in [9.17, 15) is 0 Å². The van der Waals surface area contributed by atoms with Crippen molar-refractivity contribution in [2.24, 2.45) is 5.92 Å². The summed E-state index contributed by atoms with van der Waals surface area (Å²) in [7, 11) is 0. The third-order valence-corrected chi connectivity index (χ3v) is 3.06. The summed E-state index contributed by atoms with van der Waals surface area (Å²) in [6, 6.07) is 0. The lowest BCUT2D eigenvalue weighted by Gasteiger charge is -2.10. The van der Waals surface area contributed by atoms with Crippen LogP contribution < -0.4 is 0 Å². The fourth-order valence-electron chi connectivity index (χ4n) is 1.47. The second kappa shape index (κ2) is 7.17. The van der Waals surface area contributed by atoms with Gasteiger partial charge in [-0.1, -0.05) is 44.8 Å². The van der Waals surface area contributed by atoms with Crippen LogP contribution in [-0.2, 0) is 0 Å². The van der Waals surface area contributed by atoms with Gasteiger partial charge >= 0.3 is 0 Å². The molecule has 0 aliphatic rings. The van der Waals surface area contributed by atoms with E-state index in [0.29, 0.717) is 0 Å². The Balaban J connectivity index is 3.83. The minimum Gasteiger partial charge on any atom is -0.0744 e. The summed E-state index contributed by atoms with van der Waals surface area (Å²) < 4.78 is 0. The molecule has 0 rings (SSSR count). The number of hydrogen-bond donors (Lipinski definition) is 0. The van der Waals surface area contributed by atoms with Crippen LogP contribution in [0.3, 0.4) is 0 Å². The average Bonchev–Trinajstić information content (AvgIpc) is 2.13. The van der Waals surface area contributed by atoms with Gasteiger partial charge in [0.1, 0.15) is 0 Å². The van der Waals surface area contributed by atoms with Crippen molar-refractivity contribution >= 4 is 0 Å². The van der Waals surface area contributed by atoms with Gasteiger partial charge in [0.15, 0.2) is 0 Å². The third-order valence-electron chi connectivity index (χ3n) is 3.06. The summed E-state index contributed by atoms with van der Waals surface area (Å²) in [4.78, 5) is 0. The molecule has 13 heavy (non-hydrogen) atoms. The minimum absolute atomic E-state index is 0.893. The summed E-state index contributed by atoms with van der Waals surface area (Å²) >= 11 is 0. The smallest absolute Gasteiger partial charge is 0.0318 e. The molecule has 0 saturated carbocycles. The van der Waals surface area contributed by atoms with Gasteiger partial charge < -0.3 is 0 Å². The molecule has 0 aromatic rings. The Morgan fingerprint density at radius 1 is 1.00 bits per heavy atom. The van der Waals surface area contributed by atoms with Crippen molar-refractivity contribution in [3.05, 3.63) is 11.1 Å². The molecule has 1 unspecified atom stereocenters. The van der Waals surface area contributed by atoms with E-state index in [0.717, 1.165) is 5.92 Å². The molecule has 0 saturated heterocycles. The number of hydrogen-bond acceptors (Lipinski definition) is 0. The molecular weight excluding hydrogens is 156 g/mol. The van der Waals surface area contributed by atoms with Crippen molar-refractivity contribution < 1.29 is 0 Å². The summed E-state index contributed by atoms with van der Waals surface area (Å²) in [5.74, 6) is 0.893. The highest BCUT2D eigenvalue weighted by atomic mass is 14.1. The normalized spacial score (nSPS) is 15.5. The Morgan fingerprint density at radius 3 is 2.00 bits per heavy atom. The van der Waals surface area contributed by atoms with Gasteiger partial charge in [-0.3, -0.25) is 0 Å². The van der Waals surface area contributed by atoms with E-state index in [1.54, 1.807) is 11.1 Å². The molecule has 0 heteroatoms. The van der Waals surface area contributed by atoms with Crippen LogP contribution >= 0.6 is 0 Å². The second-order valence-corrected chi connectivity index (χ2v) is 4.36. The molecule has 0 radical (unpaired) electrons. The minimum atomic E-state index is 0.893. The van der Waals surface area contributed by atoms with Crippen LogP contribution in [0, 0.1) is 5.92 Å². The van der Waals surface area contributed by atoms with E-state index in [1.807, 2.05) is 0 Å². The van der Waals surface area contributed by atoms with Crippen molar-refractivity contribution in [1.82, 2.24) is 0 Å². The van der Waals surface area contributed by atoms with Gasteiger partial charge in [-0.15, -0.1) is 0 Å². The van der Waals surface area contributed by atoms with Gasteiger partial charge in [-0.25, -0.2) is 0 Å². The molecule has 0 aliphatic carbocycles. The molecule has 0 amide bonds. The summed E-state index contributed by atoms with van der Waals surface area (Å²) in [5, 5.41) is 0. The predicted molar refractivity (Wildman–Crippen MR) is 62.0 cm³/mol. The van der Waals surface area contributed by atoms with Crippen LogP contribution in [0.2, 0.25) is 0 Å². The Hall–Kier alpha value is -0.260. The molecule has 0 fully saturated rings. The number of rotatable bonds is 6. The van der Waals surface area contributed by atoms with E-state index in [-0.39, 0.29) is 0 Å². The summed E-state index contributed by atoms with van der Waals surface area (Å²) in [5.41, 5.74) is 3.24. The summed E-state index contributed by atoms with van der Waals surface area (Å²) in [6.45, 7) is 11.5. The zero-order valence-electron chi connectivity index (χ0n) is 10.1. The van der Waals surface area contributed by atoms with E-state index in [2.05, 4.69) is 34.6 Å². The lowest BCUT2D eigenvalue weighted by atomic mass is 9.96. The van der Waals surface area contributed by atoms with Crippen molar-refractivity contribution in [3.8, 4) is 0 Å². The lowest BCUT2D eigenvalue weighted by molar-refractivity contribution is 0.514. The SMILES string of the molecule is CCCC(C)=C(C)CCC(C)CC.